The Bertz CT molecular complexity index is 441. The summed E-state index contributed by atoms with van der Waals surface area (Å²) in [5, 5.41) is 4.44. The van der Waals surface area contributed by atoms with Gasteiger partial charge in [-0.2, -0.15) is 0 Å². The Morgan fingerprint density at radius 2 is 2.31 bits per heavy atom. The maximum atomic E-state index is 4.56. The number of benzene rings is 1. The Balaban J connectivity index is 1.69. The molecular formula is C12H15N3S. The zero-order valence-electron chi connectivity index (χ0n) is 9.07. The third-order valence-corrected chi connectivity index (χ3v) is 4.09. The van der Waals surface area contributed by atoms with Gasteiger partial charge in [-0.15, -0.1) is 0 Å². The normalized spacial score (nSPS) is 20.6. The molecule has 4 heteroatoms. The van der Waals surface area contributed by atoms with Crippen LogP contribution < -0.4 is 5.32 Å². The molecule has 0 amide bonds. The van der Waals surface area contributed by atoms with Gasteiger partial charge in [-0.05, 0) is 37.6 Å². The number of hydrogen-bond donors (Lipinski definition) is 2. The Labute approximate surface area is 99.0 Å². The van der Waals surface area contributed by atoms with Crippen molar-refractivity contribution in [2.75, 3.05) is 18.8 Å². The van der Waals surface area contributed by atoms with Gasteiger partial charge in [0, 0.05) is 5.75 Å². The number of H-pyrrole nitrogens is 1. The topological polar surface area (TPSA) is 40.7 Å². The molecular weight excluding hydrogens is 218 g/mol. The molecule has 0 saturated carbocycles. The number of thioether (sulfide) groups is 1. The van der Waals surface area contributed by atoms with Crippen molar-refractivity contribution < 1.29 is 0 Å². The average molecular weight is 233 g/mol. The van der Waals surface area contributed by atoms with Gasteiger partial charge < -0.3 is 10.3 Å². The summed E-state index contributed by atoms with van der Waals surface area (Å²) in [6, 6.07) is 8.19. The van der Waals surface area contributed by atoms with Gasteiger partial charge in [-0.25, -0.2) is 4.98 Å². The number of aromatic nitrogens is 2. The van der Waals surface area contributed by atoms with Gasteiger partial charge in [0.2, 0.25) is 0 Å². The highest BCUT2D eigenvalue weighted by molar-refractivity contribution is 7.99. The minimum Gasteiger partial charge on any atom is -0.333 e. The second-order valence-electron chi connectivity index (χ2n) is 4.23. The molecule has 1 fully saturated rings. The molecule has 3 nitrogen and oxygen atoms in total. The number of imidazole rings is 1. The fourth-order valence-electron chi connectivity index (χ4n) is 2.05. The van der Waals surface area contributed by atoms with Gasteiger partial charge >= 0.3 is 0 Å². The van der Waals surface area contributed by atoms with Crippen LogP contribution in [0.15, 0.2) is 29.4 Å². The molecule has 1 unspecified atom stereocenters. The van der Waals surface area contributed by atoms with E-state index in [2.05, 4.69) is 21.4 Å². The lowest BCUT2D eigenvalue weighted by Gasteiger charge is -2.04. The summed E-state index contributed by atoms with van der Waals surface area (Å²) in [5.74, 6) is 1.96. The molecule has 1 aromatic carbocycles. The fraction of sp³-hybridized carbons (Fsp3) is 0.417. The number of rotatable bonds is 3. The molecule has 1 saturated heterocycles. The van der Waals surface area contributed by atoms with Crippen LogP contribution in [-0.2, 0) is 0 Å². The van der Waals surface area contributed by atoms with E-state index >= 15 is 0 Å². The van der Waals surface area contributed by atoms with Crippen LogP contribution in [0.25, 0.3) is 11.0 Å². The Kier molecular flexibility index (Phi) is 2.84. The predicted octanol–water partition coefficient (Wildman–Crippen LogP) is 2.26. The van der Waals surface area contributed by atoms with Crippen molar-refractivity contribution in [1.29, 1.82) is 0 Å². The van der Waals surface area contributed by atoms with Crippen molar-refractivity contribution in [3.63, 3.8) is 0 Å². The quantitative estimate of drug-likeness (QED) is 0.799. The number of nitrogens with one attached hydrogen (secondary N) is 2. The summed E-state index contributed by atoms with van der Waals surface area (Å²) in [6.45, 7) is 2.33. The van der Waals surface area contributed by atoms with Crippen LogP contribution in [0.4, 0.5) is 0 Å². The van der Waals surface area contributed by atoms with E-state index in [4.69, 9.17) is 0 Å². The molecule has 2 aromatic rings. The maximum absolute atomic E-state index is 4.56. The van der Waals surface area contributed by atoms with E-state index in [1.165, 1.54) is 13.0 Å². The molecule has 0 bridgehead atoms. The van der Waals surface area contributed by atoms with Crippen LogP contribution in [-0.4, -0.2) is 28.8 Å². The number of fused-ring (bicyclic) bond motifs is 1. The summed E-state index contributed by atoms with van der Waals surface area (Å²) < 4.78 is 0. The molecule has 84 valence electrons. The minimum absolute atomic E-state index is 0.804. The highest BCUT2D eigenvalue weighted by Crippen LogP contribution is 2.23. The standard InChI is InChI=1S/C12H15N3S/c1-2-4-11-10(3-1)14-12(15-11)16-8-9-5-6-13-7-9/h1-4,9,13H,5-8H2,(H,14,15). The Morgan fingerprint density at radius 1 is 1.38 bits per heavy atom. The average Bonchev–Trinajstić information content (AvgIpc) is 2.95. The summed E-state index contributed by atoms with van der Waals surface area (Å²) in [4.78, 5) is 7.91. The molecule has 2 heterocycles. The van der Waals surface area contributed by atoms with Gasteiger partial charge in [-0.1, -0.05) is 23.9 Å². The first-order valence-electron chi connectivity index (χ1n) is 5.70. The van der Waals surface area contributed by atoms with Crippen molar-refractivity contribution in [2.45, 2.75) is 11.6 Å². The zero-order valence-corrected chi connectivity index (χ0v) is 9.89. The van der Waals surface area contributed by atoms with Crippen LogP contribution in [0.5, 0.6) is 0 Å². The number of hydrogen-bond acceptors (Lipinski definition) is 3. The monoisotopic (exact) mass is 233 g/mol. The molecule has 16 heavy (non-hydrogen) atoms. The molecule has 0 radical (unpaired) electrons. The second kappa shape index (κ2) is 4.47. The molecule has 1 aromatic heterocycles. The molecule has 1 atom stereocenters. The summed E-state index contributed by atoms with van der Waals surface area (Å²) in [7, 11) is 0. The SMILES string of the molecule is c1ccc2[nH]c(SCC3CCNC3)nc2c1. The lowest BCUT2D eigenvalue weighted by atomic mass is 10.2. The number of aromatic amines is 1. The highest BCUT2D eigenvalue weighted by Gasteiger charge is 2.15. The van der Waals surface area contributed by atoms with Crippen molar-refractivity contribution in [3.05, 3.63) is 24.3 Å². The number of nitrogens with zero attached hydrogens (tertiary/aromatic N) is 1. The molecule has 2 N–H and O–H groups in total. The third kappa shape index (κ3) is 2.08. The van der Waals surface area contributed by atoms with E-state index in [0.29, 0.717) is 0 Å². The first kappa shape index (κ1) is 10.2. The van der Waals surface area contributed by atoms with E-state index in [1.54, 1.807) is 0 Å². The van der Waals surface area contributed by atoms with Gasteiger partial charge in [0.15, 0.2) is 5.16 Å². The second-order valence-corrected chi connectivity index (χ2v) is 5.24. The number of para-hydroxylation sites is 2. The van der Waals surface area contributed by atoms with Crippen molar-refractivity contribution in [3.8, 4) is 0 Å². The Morgan fingerprint density at radius 3 is 3.12 bits per heavy atom. The third-order valence-electron chi connectivity index (χ3n) is 2.99. The van der Waals surface area contributed by atoms with Crippen LogP contribution in [0, 0.1) is 5.92 Å². The molecule has 0 aliphatic carbocycles. The smallest absolute Gasteiger partial charge is 0.166 e. The molecule has 3 rings (SSSR count). The van der Waals surface area contributed by atoms with E-state index in [-0.39, 0.29) is 0 Å². The largest absolute Gasteiger partial charge is 0.333 e. The maximum Gasteiger partial charge on any atom is 0.166 e. The van der Waals surface area contributed by atoms with E-state index in [9.17, 15) is 0 Å². The Hall–Kier alpha value is -1.00. The zero-order chi connectivity index (χ0) is 10.8. The lowest BCUT2D eigenvalue weighted by Crippen LogP contribution is -2.10. The summed E-state index contributed by atoms with van der Waals surface area (Å²) >= 11 is 1.84. The van der Waals surface area contributed by atoms with Crippen LogP contribution in [0.3, 0.4) is 0 Å². The minimum atomic E-state index is 0.804. The first-order chi connectivity index (χ1) is 7.92. The van der Waals surface area contributed by atoms with Crippen molar-refractivity contribution >= 4 is 22.8 Å². The van der Waals surface area contributed by atoms with Gasteiger partial charge in [0.05, 0.1) is 11.0 Å². The lowest BCUT2D eigenvalue weighted by molar-refractivity contribution is 0.662. The van der Waals surface area contributed by atoms with E-state index < -0.39 is 0 Å². The van der Waals surface area contributed by atoms with Crippen LogP contribution in [0.2, 0.25) is 0 Å². The summed E-state index contributed by atoms with van der Waals surface area (Å²) in [5.41, 5.74) is 2.20. The van der Waals surface area contributed by atoms with Gasteiger partial charge in [0.25, 0.3) is 0 Å². The molecule has 1 aliphatic heterocycles. The predicted molar refractivity (Wildman–Crippen MR) is 67.8 cm³/mol. The summed E-state index contributed by atoms with van der Waals surface area (Å²) in [6.07, 6.45) is 1.30. The first-order valence-corrected chi connectivity index (χ1v) is 6.68. The molecule has 0 spiro atoms. The van der Waals surface area contributed by atoms with Crippen molar-refractivity contribution in [2.24, 2.45) is 5.92 Å². The fourth-order valence-corrected chi connectivity index (χ4v) is 3.07. The van der Waals surface area contributed by atoms with Crippen molar-refractivity contribution in [1.82, 2.24) is 15.3 Å². The van der Waals surface area contributed by atoms with Gasteiger partial charge in [0.1, 0.15) is 0 Å². The van der Waals surface area contributed by atoms with Crippen LogP contribution in [0.1, 0.15) is 6.42 Å². The van der Waals surface area contributed by atoms with Crippen LogP contribution >= 0.6 is 11.8 Å². The highest BCUT2D eigenvalue weighted by atomic mass is 32.2. The van der Waals surface area contributed by atoms with E-state index in [1.807, 2.05) is 30.0 Å². The van der Waals surface area contributed by atoms with E-state index in [0.717, 1.165) is 34.4 Å². The van der Waals surface area contributed by atoms with Gasteiger partial charge in [-0.3, -0.25) is 0 Å². The molecule has 1 aliphatic rings.